The molecule has 2 rings (SSSR count). The molecule has 2 aliphatic rings. The van der Waals surface area contributed by atoms with E-state index in [9.17, 15) is 9.59 Å². The van der Waals surface area contributed by atoms with Crippen LogP contribution in [0.25, 0.3) is 0 Å². The van der Waals surface area contributed by atoms with Crippen LogP contribution >= 0.6 is 0 Å². The number of esters is 1. The molecule has 132 valence electrons. The molecule has 0 aromatic heterocycles. The fourth-order valence-electron chi connectivity index (χ4n) is 3.32. The monoisotopic (exact) mass is 326 g/mol. The SMILES string of the molecule is COC(=O)CCN1CCCC(C2CN(C(=O)OC(C)(C)C)C2)C1. The van der Waals surface area contributed by atoms with E-state index in [0.717, 1.165) is 39.1 Å². The average molecular weight is 326 g/mol. The Morgan fingerprint density at radius 1 is 1.13 bits per heavy atom. The molecule has 2 heterocycles. The van der Waals surface area contributed by atoms with Gasteiger partial charge in [-0.15, -0.1) is 0 Å². The minimum Gasteiger partial charge on any atom is -0.469 e. The summed E-state index contributed by atoms with van der Waals surface area (Å²) < 4.78 is 10.1. The maximum Gasteiger partial charge on any atom is 0.410 e. The van der Waals surface area contributed by atoms with Crippen LogP contribution in [0.1, 0.15) is 40.0 Å². The van der Waals surface area contributed by atoms with Crippen LogP contribution in [0.4, 0.5) is 4.79 Å². The molecule has 1 unspecified atom stereocenters. The number of carbonyl (C=O) groups excluding carboxylic acids is 2. The van der Waals surface area contributed by atoms with Gasteiger partial charge in [-0.3, -0.25) is 4.79 Å². The summed E-state index contributed by atoms with van der Waals surface area (Å²) in [4.78, 5) is 27.4. The molecule has 6 heteroatoms. The minimum absolute atomic E-state index is 0.146. The van der Waals surface area contributed by atoms with Gasteiger partial charge >= 0.3 is 12.1 Å². The van der Waals surface area contributed by atoms with Crippen molar-refractivity contribution in [3.63, 3.8) is 0 Å². The third-order valence-electron chi connectivity index (χ3n) is 4.63. The lowest BCUT2D eigenvalue weighted by molar-refractivity contribution is -0.141. The first kappa shape index (κ1) is 18.0. The highest BCUT2D eigenvalue weighted by Gasteiger charge is 2.39. The molecule has 0 N–H and O–H groups in total. The third kappa shape index (κ3) is 5.37. The molecule has 0 aliphatic carbocycles. The zero-order valence-electron chi connectivity index (χ0n) is 14.8. The van der Waals surface area contributed by atoms with E-state index < -0.39 is 5.60 Å². The number of carbonyl (C=O) groups is 2. The van der Waals surface area contributed by atoms with Crippen LogP contribution < -0.4 is 0 Å². The fourth-order valence-corrected chi connectivity index (χ4v) is 3.32. The number of piperidine rings is 1. The molecule has 0 spiro atoms. The number of hydrogen-bond donors (Lipinski definition) is 0. The van der Waals surface area contributed by atoms with Crippen LogP contribution in [0.3, 0.4) is 0 Å². The van der Waals surface area contributed by atoms with Crippen molar-refractivity contribution >= 4 is 12.1 Å². The molecule has 2 aliphatic heterocycles. The lowest BCUT2D eigenvalue weighted by Gasteiger charge is -2.46. The number of rotatable bonds is 4. The standard InChI is InChI=1S/C17H30N2O4/c1-17(2,3)23-16(21)19-11-14(12-19)13-6-5-8-18(10-13)9-7-15(20)22-4/h13-14H,5-12H2,1-4H3. The molecule has 0 aromatic carbocycles. The van der Waals surface area contributed by atoms with Gasteiger partial charge in [0, 0.05) is 26.2 Å². The normalized spacial score (nSPS) is 23.3. The highest BCUT2D eigenvalue weighted by Crippen LogP contribution is 2.31. The van der Waals surface area contributed by atoms with Crippen LogP contribution in [0, 0.1) is 11.8 Å². The summed E-state index contributed by atoms with van der Waals surface area (Å²) in [5, 5.41) is 0. The van der Waals surface area contributed by atoms with Gasteiger partial charge in [0.25, 0.3) is 0 Å². The largest absolute Gasteiger partial charge is 0.469 e. The summed E-state index contributed by atoms with van der Waals surface area (Å²) in [6.45, 7) is 10.1. The van der Waals surface area contributed by atoms with Crippen molar-refractivity contribution in [3.8, 4) is 0 Å². The van der Waals surface area contributed by atoms with E-state index in [2.05, 4.69) is 4.90 Å². The first-order chi connectivity index (χ1) is 10.8. The number of ether oxygens (including phenoxy) is 2. The van der Waals surface area contributed by atoms with Gasteiger partial charge in [-0.25, -0.2) is 4.79 Å². The Morgan fingerprint density at radius 2 is 1.83 bits per heavy atom. The fraction of sp³-hybridized carbons (Fsp3) is 0.882. The van der Waals surface area contributed by atoms with E-state index in [4.69, 9.17) is 9.47 Å². The maximum atomic E-state index is 12.0. The molecule has 2 fully saturated rings. The van der Waals surface area contributed by atoms with Crippen molar-refractivity contribution in [1.82, 2.24) is 9.80 Å². The number of methoxy groups -OCH3 is 1. The number of nitrogens with zero attached hydrogens (tertiary/aromatic N) is 2. The molecule has 1 atom stereocenters. The molecule has 23 heavy (non-hydrogen) atoms. The zero-order valence-corrected chi connectivity index (χ0v) is 14.8. The smallest absolute Gasteiger partial charge is 0.410 e. The molecule has 2 saturated heterocycles. The van der Waals surface area contributed by atoms with Gasteiger partial charge in [-0.05, 0) is 52.0 Å². The van der Waals surface area contributed by atoms with E-state index in [1.54, 1.807) is 4.90 Å². The van der Waals surface area contributed by atoms with E-state index in [1.165, 1.54) is 13.5 Å². The van der Waals surface area contributed by atoms with Crippen molar-refractivity contribution in [3.05, 3.63) is 0 Å². The predicted molar refractivity (Wildman–Crippen MR) is 87.1 cm³/mol. The van der Waals surface area contributed by atoms with Gasteiger partial charge in [-0.1, -0.05) is 0 Å². The number of amides is 1. The van der Waals surface area contributed by atoms with Gasteiger partial charge < -0.3 is 19.3 Å². The van der Waals surface area contributed by atoms with Gasteiger partial charge in [0.15, 0.2) is 0 Å². The molecule has 1 amide bonds. The highest BCUT2D eigenvalue weighted by atomic mass is 16.6. The predicted octanol–water partition coefficient (Wildman–Crippen LogP) is 2.13. The molecular formula is C17H30N2O4. The van der Waals surface area contributed by atoms with E-state index >= 15 is 0 Å². The van der Waals surface area contributed by atoms with E-state index in [0.29, 0.717) is 18.3 Å². The lowest BCUT2D eigenvalue weighted by atomic mass is 9.81. The maximum absolute atomic E-state index is 12.0. The van der Waals surface area contributed by atoms with Crippen LogP contribution in [0.2, 0.25) is 0 Å². The summed E-state index contributed by atoms with van der Waals surface area (Å²) in [7, 11) is 1.43. The Hall–Kier alpha value is -1.30. The van der Waals surface area contributed by atoms with Crippen molar-refractivity contribution in [2.75, 3.05) is 39.8 Å². The molecule has 0 bridgehead atoms. The second-order valence-corrected chi connectivity index (χ2v) is 7.67. The molecule has 0 saturated carbocycles. The highest BCUT2D eigenvalue weighted by molar-refractivity contribution is 5.69. The topological polar surface area (TPSA) is 59.1 Å². The molecule has 6 nitrogen and oxygen atoms in total. The minimum atomic E-state index is -0.433. The van der Waals surface area contributed by atoms with E-state index in [1.807, 2.05) is 20.8 Å². The first-order valence-electron chi connectivity index (χ1n) is 8.55. The summed E-state index contributed by atoms with van der Waals surface area (Å²) in [6.07, 6.45) is 2.63. The Balaban J connectivity index is 1.72. The van der Waals surface area contributed by atoms with Gasteiger partial charge in [0.1, 0.15) is 5.60 Å². The van der Waals surface area contributed by atoms with Crippen molar-refractivity contribution in [2.24, 2.45) is 11.8 Å². The Bertz CT molecular complexity index is 427. The van der Waals surface area contributed by atoms with Gasteiger partial charge in [0.2, 0.25) is 0 Å². The molecule has 0 aromatic rings. The summed E-state index contributed by atoms with van der Waals surface area (Å²) >= 11 is 0. The second kappa shape index (κ2) is 7.51. The van der Waals surface area contributed by atoms with Gasteiger partial charge in [0.05, 0.1) is 13.5 Å². The quantitative estimate of drug-likeness (QED) is 0.741. The average Bonchev–Trinajstić information content (AvgIpc) is 2.41. The second-order valence-electron chi connectivity index (χ2n) is 7.67. The van der Waals surface area contributed by atoms with Crippen LogP contribution in [-0.4, -0.2) is 67.3 Å². The van der Waals surface area contributed by atoms with Crippen LogP contribution in [0.5, 0.6) is 0 Å². The molecular weight excluding hydrogens is 296 g/mol. The third-order valence-corrected chi connectivity index (χ3v) is 4.63. The van der Waals surface area contributed by atoms with E-state index in [-0.39, 0.29) is 12.1 Å². The Morgan fingerprint density at radius 3 is 2.43 bits per heavy atom. The van der Waals surface area contributed by atoms with Crippen molar-refractivity contribution < 1.29 is 19.1 Å². The Kier molecular flexibility index (Phi) is 5.89. The Labute approximate surface area is 139 Å². The first-order valence-corrected chi connectivity index (χ1v) is 8.55. The molecule has 0 radical (unpaired) electrons. The summed E-state index contributed by atoms with van der Waals surface area (Å²) in [6, 6.07) is 0. The number of likely N-dealkylation sites (tertiary alicyclic amines) is 2. The van der Waals surface area contributed by atoms with Gasteiger partial charge in [-0.2, -0.15) is 0 Å². The summed E-state index contributed by atoms with van der Waals surface area (Å²) in [5.74, 6) is 1.02. The van der Waals surface area contributed by atoms with Crippen LogP contribution in [0.15, 0.2) is 0 Å². The lowest BCUT2D eigenvalue weighted by Crippen LogP contribution is -2.56. The number of hydrogen-bond acceptors (Lipinski definition) is 5. The van der Waals surface area contributed by atoms with Crippen LogP contribution in [-0.2, 0) is 14.3 Å². The summed E-state index contributed by atoms with van der Waals surface area (Å²) in [5.41, 5.74) is -0.433. The van der Waals surface area contributed by atoms with Crippen molar-refractivity contribution in [1.29, 1.82) is 0 Å². The zero-order chi connectivity index (χ0) is 17.0. The van der Waals surface area contributed by atoms with Crippen molar-refractivity contribution in [2.45, 2.75) is 45.6 Å².